The molecular formula is C7H13N. The molecule has 1 heteroatoms. The van der Waals surface area contributed by atoms with E-state index in [1.165, 1.54) is 5.69 Å². The highest BCUT2D eigenvalue weighted by Crippen LogP contribution is 1.86. The molecule has 1 rings (SSSR count). The van der Waals surface area contributed by atoms with Gasteiger partial charge in [0.15, 0.2) is 0 Å². The van der Waals surface area contributed by atoms with E-state index in [1.807, 2.05) is 39.1 Å². The first-order valence-corrected chi connectivity index (χ1v) is 2.99. The molecule has 0 aliphatic carbocycles. The van der Waals surface area contributed by atoms with Crippen LogP contribution in [0.2, 0.25) is 0 Å². The number of H-pyrrole nitrogens is 1. The summed E-state index contributed by atoms with van der Waals surface area (Å²) < 4.78 is 0. The van der Waals surface area contributed by atoms with E-state index >= 15 is 0 Å². The summed E-state index contributed by atoms with van der Waals surface area (Å²) in [5, 5.41) is 0. The Kier molecular flexibility index (Phi) is 4.04. The standard InChI is InChI=1S/C5H7N.C2H6/c1-5-3-2-4-6-5;1-2/h2-4,6H,1H3;1-2H3. The van der Waals surface area contributed by atoms with Gasteiger partial charge in [0, 0.05) is 11.9 Å². The summed E-state index contributed by atoms with van der Waals surface area (Å²) in [6.45, 7) is 6.03. The minimum absolute atomic E-state index is 1.22. The van der Waals surface area contributed by atoms with E-state index < -0.39 is 0 Å². The Bertz CT molecular complexity index is 108. The smallest absolute Gasteiger partial charge is 0.0115 e. The Hall–Kier alpha value is -0.720. The number of rotatable bonds is 0. The summed E-state index contributed by atoms with van der Waals surface area (Å²) in [5.74, 6) is 0. The third kappa shape index (κ3) is 2.45. The minimum atomic E-state index is 1.22. The lowest BCUT2D eigenvalue weighted by atomic mass is 10.5. The highest BCUT2D eigenvalue weighted by atomic mass is 14.7. The zero-order valence-electron chi connectivity index (χ0n) is 5.73. The van der Waals surface area contributed by atoms with Gasteiger partial charge < -0.3 is 4.98 Å². The Morgan fingerprint density at radius 3 is 2.12 bits per heavy atom. The van der Waals surface area contributed by atoms with E-state index in [1.54, 1.807) is 0 Å². The molecule has 1 N–H and O–H groups in total. The average Bonchev–Trinajstić information content (AvgIpc) is 2.24. The van der Waals surface area contributed by atoms with Gasteiger partial charge in [-0.05, 0) is 19.1 Å². The number of aromatic amines is 1. The van der Waals surface area contributed by atoms with Gasteiger partial charge in [-0.1, -0.05) is 13.8 Å². The highest BCUT2D eigenvalue weighted by molar-refractivity contribution is 4.99. The Morgan fingerprint density at radius 1 is 1.38 bits per heavy atom. The summed E-state index contributed by atoms with van der Waals surface area (Å²) >= 11 is 0. The number of hydrogen-bond donors (Lipinski definition) is 1. The summed E-state index contributed by atoms with van der Waals surface area (Å²) in [6.07, 6.45) is 1.91. The lowest BCUT2D eigenvalue weighted by Crippen LogP contribution is -1.59. The van der Waals surface area contributed by atoms with Crippen LogP contribution in [-0.2, 0) is 0 Å². The molecule has 0 aromatic carbocycles. The lowest BCUT2D eigenvalue weighted by molar-refractivity contribution is 1.27. The van der Waals surface area contributed by atoms with Crippen molar-refractivity contribution in [2.24, 2.45) is 0 Å². The molecule has 0 fully saturated rings. The molecule has 0 unspecified atom stereocenters. The van der Waals surface area contributed by atoms with Gasteiger partial charge in [0.05, 0.1) is 0 Å². The quantitative estimate of drug-likeness (QED) is 0.529. The molecule has 1 heterocycles. The fraction of sp³-hybridized carbons (Fsp3) is 0.429. The van der Waals surface area contributed by atoms with Crippen molar-refractivity contribution in [2.45, 2.75) is 20.8 Å². The molecule has 1 aromatic heterocycles. The maximum atomic E-state index is 3.00. The Morgan fingerprint density at radius 2 is 2.00 bits per heavy atom. The lowest BCUT2D eigenvalue weighted by Gasteiger charge is -1.70. The topological polar surface area (TPSA) is 15.8 Å². The van der Waals surface area contributed by atoms with Crippen LogP contribution in [0.15, 0.2) is 18.3 Å². The molecule has 0 aliphatic heterocycles. The fourth-order valence-corrected chi connectivity index (χ4v) is 0.420. The molecule has 0 bridgehead atoms. The molecule has 1 nitrogen and oxygen atoms in total. The highest BCUT2D eigenvalue weighted by Gasteiger charge is 1.72. The molecule has 1 aromatic rings. The SMILES string of the molecule is CC.Cc1ccc[nH]1. The van der Waals surface area contributed by atoms with Crippen LogP contribution >= 0.6 is 0 Å². The van der Waals surface area contributed by atoms with Crippen LogP contribution in [-0.4, -0.2) is 4.98 Å². The van der Waals surface area contributed by atoms with Crippen molar-refractivity contribution in [3.8, 4) is 0 Å². The van der Waals surface area contributed by atoms with Gasteiger partial charge >= 0.3 is 0 Å². The van der Waals surface area contributed by atoms with Crippen LogP contribution in [0.25, 0.3) is 0 Å². The van der Waals surface area contributed by atoms with E-state index in [0.717, 1.165) is 0 Å². The Balaban J connectivity index is 0.000000222. The monoisotopic (exact) mass is 111 g/mol. The van der Waals surface area contributed by atoms with Gasteiger partial charge in [-0.25, -0.2) is 0 Å². The van der Waals surface area contributed by atoms with Crippen molar-refractivity contribution in [3.05, 3.63) is 24.0 Å². The van der Waals surface area contributed by atoms with E-state index in [0.29, 0.717) is 0 Å². The molecule has 46 valence electrons. The number of hydrogen-bond acceptors (Lipinski definition) is 0. The van der Waals surface area contributed by atoms with E-state index in [9.17, 15) is 0 Å². The second kappa shape index (κ2) is 4.44. The summed E-state index contributed by atoms with van der Waals surface area (Å²) in [4.78, 5) is 3.00. The molecule has 0 amide bonds. The van der Waals surface area contributed by atoms with Crippen molar-refractivity contribution in [1.82, 2.24) is 4.98 Å². The molecule has 0 atom stereocenters. The van der Waals surface area contributed by atoms with Crippen molar-refractivity contribution in [3.63, 3.8) is 0 Å². The maximum Gasteiger partial charge on any atom is 0.0115 e. The number of aryl methyl sites for hydroxylation is 1. The molecule has 0 aliphatic rings. The first-order valence-electron chi connectivity index (χ1n) is 2.99. The summed E-state index contributed by atoms with van der Waals surface area (Å²) in [5.41, 5.74) is 1.22. The van der Waals surface area contributed by atoms with Gasteiger partial charge in [0.2, 0.25) is 0 Å². The maximum absolute atomic E-state index is 3.00. The van der Waals surface area contributed by atoms with Gasteiger partial charge in [-0.15, -0.1) is 0 Å². The third-order valence-corrected chi connectivity index (χ3v) is 0.753. The average molecular weight is 111 g/mol. The summed E-state index contributed by atoms with van der Waals surface area (Å²) in [7, 11) is 0. The van der Waals surface area contributed by atoms with Gasteiger partial charge in [-0.3, -0.25) is 0 Å². The normalized spacial score (nSPS) is 7.38. The fourth-order valence-electron chi connectivity index (χ4n) is 0.420. The van der Waals surface area contributed by atoms with Crippen LogP contribution in [0.3, 0.4) is 0 Å². The molecule has 0 saturated heterocycles. The van der Waals surface area contributed by atoms with E-state index in [-0.39, 0.29) is 0 Å². The van der Waals surface area contributed by atoms with Crippen molar-refractivity contribution in [1.29, 1.82) is 0 Å². The molecular weight excluding hydrogens is 98.1 g/mol. The van der Waals surface area contributed by atoms with E-state index in [2.05, 4.69) is 4.98 Å². The molecule has 0 spiro atoms. The zero-order chi connectivity index (χ0) is 6.41. The second-order valence-electron chi connectivity index (χ2n) is 1.35. The molecule has 0 saturated carbocycles. The second-order valence-corrected chi connectivity index (χ2v) is 1.35. The van der Waals surface area contributed by atoms with Crippen LogP contribution in [0.5, 0.6) is 0 Å². The first kappa shape index (κ1) is 7.28. The number of nitrogens with one attached hydrogen (secondary N) is 1. The molecule has 8 heavy (non-hydrogen) atoms. The largest absolute Gasteiger partial charge is 0.365 e. The van der Waals surface area contributed by atoms with Crippen molar-refractivity contribution < 1.29 is 0 Å². The summed E-state index contributed by atoms with van der Waals surface area (Å²) in [6, 6.07) is 4.01. The third-order valence-electron chi connectivity index (χ3n) is 0.753. The van der Waals surface area contributed by atoms with Gasteiger partial charge in [0.25, 0.3) is 0 Å². The van der Waals surface area contributed by atoms with Crippen LogP contribution in [0.4, 0.5) is 0 Å². The van der Waals surface area contributed by atoms with Crippen LogP contribution < -0.4 is 0 Å². The predicted octanol–water partition coefficient (Wildman–Crippen LogP) is 2.35. The van der Waals surface area contributed by atoms with Crippen LogP contribution in [0.1, 0.15) is 19.5 Å². The Labute approximate surface area is 50.7 Å². The minimum Gasteiger partial charge on any atom is -0.365 e. The van der Waals surface area contributed by atoms with Crippen molar-refractivity contribution >= 4 is 0 Å². The van der Waals surface area contributed by atoms with Gasteiger partial charge in [-0.2, -0.15) is 0 Å². The number of aromatic nitrogens is 1. The predicted molar refractivity (Wildman–Crippen MR) is 36.9 cm³/mol. The molecule has 0 radical (unpaired) electrons. The first-order chi connectivity index (χ1) is 3.89. The van der Waals surface area contributed by atoms with E-state index in [4.69, 9.17) is 0 Å². The van der Waals surface area contributed by atoms with Crippen molar-refractivity contribution in [2.75, 3.05) is 0 Å². The zero-order valence-corrected chi connectivity index (χ0v) is 5.73. The van der Waals surface area contributed by atoms with Gasteiger partial charge in [0.1, 0.15) is 0 Å². The van der Waals surface area contributed by atoms with Crippen LogP contribution in [0, 0.1) is 6.92 Å².